The number of amides is 1. The molecule has 1 fully saturated rings. The summed E-state index contributed by atoms with van der Waals surface area (Å²) in [6, 6.07) is 12.5. The van der Waals surface area contributed by atoms with Gasteiger partial charge in [-0.25, -0.2) is 9.78 Å². The molecule has 1 aliphatic heterocycles. The fourth-order valence-corrected chi connectivity index (χ4v) is 5.18. The van der Waals surface area contributed by atoms with E-state index in [-0.39, 0.29) is 27.9 Å². The highest BCUT2D eigenvalue weighted by Gasteiger charge is 2.48. The second-order valence-corrected chi connectivity index (χ2v) is 9.41. The van der Waals surface area contributed by atoms with Gasteiger partial charge in [-0.3, -0.25) is 14.5 Å². The molecule has 1 aromatic heterocycles. The van der Waals surface area contributed by atoms with E-state index >= 15 is 0 Å². The Kier molecular flexibility index (Phi) is 8.46. The number of hydrogen-bond donors (Lipinski definition) is 1. The van der Waals surface area contributed by atoms with Gasteiger partial charge in [-0.2, -0.15) is 0 Å². The fraction of sp³-hybridized carbons (Fsp3) is 0.241. The molecule has 39 heavy (non-hydrogen) atoms. The Morgan fingerprint density at radius 3 is 2.46 bits per heavy atom. The first-order valence-corrected chi connectivity index (χ1v) is 13.1. The molecule has 10 heteroatoms. The van der Waals surface area contributed by atoms with E-state index in [1.54, 1.807) is 55.5 Å². The van der Waals surface area contributed by atoms with Crippen LogP contribution in [0.15, 0.2) is 66.8 Å². The average molecular weight is 549 g/mol. The molecule has 2 aromatic carbocycles. The molecule has 1 unspecified atom stereocenters. The number of benzene rings is 2. The van der Waals surface area contributed by atoms with Gasteiger partial charge in [-0.15, -0.1) is 0 Å². The highest BCUT2D eigenvalue weighted by Crippen LogP contribution is 2.44. The largest absolute Gasteiger partial charge is 0.507 e. The molecule has 1 amide bonds. The van der Waals surface area contributed by atoms with Gasteiger partial charge in [-0.05, 0) is 62.7 Å². The summed E-state index contributed by atoms with van der Waals surface area (Å²) in [4.78, 5) is 45.3. The summed E-state index contributed by atoms with van der Waals surface area (Å²) in [5, 5.41) is 11.5. The Bertz CT molecular complexity index is 1440. The predicted molar refractivity (Wildman–Crippen MR) is 147 cm³/mol. The molecular weight excluding hydrogens is 520 g/mol. The second kappa shape index (κ2) is 12.0. The molecule has 2 heterocycles. The van der Waals surface area contributed by atoms with Crippen LogP contribution in [0.1, 0.15) is 46.4 Å². The minimum absolute atomic E-state index is 0.0162. The molecule has 0 spiro atoms. The van der Waals surface area contributed by atoms with Crippen molar-refractivity contribution in [2.24, 2.45) is 0 Å². The zero-order chi connectivity index (χ0) is 28.1. The highest BCUT2D eigenvalue weighted by atomic mass is 32.1. The fourth-order valence-electron chi connectivity index (χ4n) is 4.19. The van der Waals surface area contributed by atoms with Gasteiger partial charge >= 0.3 is 11.9 Å². The van der Waals surface area contributed by atoms with Crippen molar-refractivity contribution in [1.82, 2.24) is 4.98 Å². The molecule has 1 aliphatic rings. The summed E-state index contributed by atoms with van der Waals surface area (Å²) < 4.78 is 16.3. The van der Waals surface area contributed by atoms with Crippen molar-refractivity contribution in [2.75, 3.05) is 24.7 Å². The van der Waals surface area contributed by atoms with Crippen LogP contribution in [0, 0.1) is 6.92 Å². The monoisotopic (exact) mass is 548 g/mol. The van der Waals surface area contributed by atoms with Crippen LogP contribution in [0.3, 0.4) is 0 Å². The van der Waals surface area contributed by atoms with E-state index in [2.05, 4.69) is 11.6 Å². The van der Waals surface area contributed by atoms with E-state index in [1.807, 2.05) is 13.8 Å². The first-order chi connectivity index (χ1) is 18.8. The summed E-state index contributed by atoms with van der Waals surface area (Å²) in [5.41, 5.74) is 1.10. The molecule has 9 nitrogen and oxygen atoms in total. The van der Waals surface area contributed by atoms with Crippen LogP contribution in [0.25, 0.3) is 5.76 Å². The van der Waals surface area contributed by atoms with E-state index in [9.17, 15) is 19.5 Å². The van der Waals surface area contributed by atoms with E-state index in [1.165, 1.54) is 11.0 Å². The smallest absolute Gasteiger partial charge is 0.350 e. The van der Waals surface area contributed by atoms with Gasteiger partial charge < -0.3 is 19.3 Å². The molecule has 0 radical (unpaired) electrons. The van der Waals surface area contributed by atoms with Crippen LogP contribution in [0.4, 0.5) is 5.13 Å². The normalized spacial score (nSPS) is 16.3. The summed E-state index contributed by atoms with van der Waals surface area (Å²) >= 11 is 0.932. The summed E-state index contributed by atoms with van der Waals surface area (Å²) in [6.07, 6.45) is 1.44. The average Bonchev–Trinajstić information content (AvgIpc) is 3.44. The SMILES string of the molecule is C=CCOC(=O)c1sc(N2C(=O)C(=O)C(=C(O)c3ccc(OCC)cc3)C2c2cccc(OCC)c2)nc1C. The van der Waals surface area contributed by atoms with Crippen LogP contribution in [-0.2, 0) is 14.3 Å². The number of aryl methyl sites for hydroxylation is 1. The van der Waals surface area contributed by atoms with Crippen LogP contribution >= 0.6 is 11.3 Å². The van der Waals surface area contributed by atoms with Gasteiger partial charge in [0.25, 0.3) is 5.78 Å². The number of carbonyl (C=O) groups excluding carboxylic acids is 3. The Morgan fingerprint density at radius 1 is 1.10 bits per heavy atom. The summed E-state index contributed by atoms with van der Waals surface area (Å²) in [7, 11) is 0. The van der Waals surface area contributed by atoms with Crippen molar-refractivity contribution in [3.63, 3.8) is 0 Å². The molecular formula is C29H28N2O7S. The Labute approximate surface area is 230 Å². The maximum Gasteiger partial charge on any atom is 0.350 e. The van der Waals surface area contributed by atoms with Crippen LogP contribution < -0.4 is 14.4 Å². The lowest BCUT2D eigenvalue weighted by atomic mass is 9.95. The van der Waals surface area contributed by atoms with Crippen molar-refractivity contribution >= 4 is 39.9 Å². The first-order valence-electron chi connectivity index (χ1n) is 12.3. The third-order valence-corrected chi connectivity index (χ3v) is 7.01. The van der Waals surface area contributed by atoms with Gasteiger partial charge in [-0.1, -0.05) is 36.1 Å². The number of esters is 1. The molecule has 0 aliphatic carbocycles. The number of thiazole rings is 1. The summed E-state index contributed by atoms with van der Waals surface area (Å²) in [6.45, 7) is 9.76. The number of aliphatic hydroxyl groups is 1. The number of ketones is 1. The zero-order valence-corrected chi connectivity index (χ0v) is 22.6. The number of hydrogen-bond acceptors (Lipinski definition) is 9. The topological polar surface area (TPSA) is 115 Å². The molecule has 3 aromatic rings. The molecule has 1 N–H and O–H groups in total. The molecule has 202 valence electrons. The number of Topliss-reactive ketones (excluding diaryl/α,β-unsaturated/α-hetero) is 1. The Morgan fingerprint density at radius 2 is 1.79 bits per heavy atom. The Balaban J connectivity index is 1.87. The van der Waals surface area contributed by atoms with Gasteiger partial charge in [0.2, 0.25) is 0 Å². The lowest BCUT2D eigenvalue weighted by Crippen LogP contribution is -2.29. The first kappa shape index (κ1) is 27.6. The number of ether oxygens (including phenoxy) is 3. The van der Waals surface area contributed by atoms with E-state index in [0.29, 0.717) is 41.5 Å². The third kappa shape index (κ3) is 5.56. The molecule has 0 bridgehead atoms. The molecule has 0 saturated carbocycles. The van der Waals surface area contributed by atoms with Crippen LogP contribution in [0.5, 0.6) is 11.5 Å². The highest BCUT2D eigenvalue weighted by molar-refractivity contribution is 7.17. The number of anilines is 1. The van der Waals surface area contributed by atoms with Crippen molar-refractivity contribution < 1.29 is 33.7 Å². The van der Waals surface area contributed by atoms with Gasteiger partial charge in [0, 0.05) is 5.56 Å². The standard InChI is InChI=1S/C29H28N2O7S/c1-5-15-38-28(35)26-17(4)30-29(39-26)31-23(19-9-8-10-21(16-19)37-7-3)22(25(33)27(31)34)24(32)18-11-13-20(14-12-18)36-6-2/h5,8-14,16,23,32H,1,6-7,15H2,2-4H3. The van der Waals surface area contributed by atoms with Gasteiger partial charge in [0.1, 0.15) is 28.7 Å². The van der Waals surface area contributed by atoms with Gasteiger partial charge in [0.15, 0.2) is 5.13 Å². The maximum atomic E-state index is 13.5. The zero-order valence-electron chi connectivity index (χ0n) is 21.8. The van der Waals surface area contributed by atoms with Crippen LogP contribution in [-0.4, -0.2) is 47.6 Å². The lowest BCUT2D eigenvalue weighted by Gasteiger charge is -2.23. The van der Waals surface area contributed by atoms with Crippen molar-refractivity contribution in [1.29, 1.82) is 0 Å². The number of carbonyl (C=O) groups is 3. The third-order valence-electron chi connectivity index (χ3n) is 5.88. The quantitative estimate of drug-likeness (QED) is 0.121. The predicted octanol–water partition coefficient (Wildman–Crippen LogP) is 5.22. The summed E-state index contributed by atoms with van der Waals surface area (Å²) in [5.74, 6) is -1.58. The van der Waals surface area contributed by atoms with Crippen LogP contribution in [0.2, 0.25) is 0 Å². The maximum absolute atomic E-state index is 13.5. The number of nitrogens with zero attached hydrogens (tertiary/aromatic N) is 2. The molecule has 1 saturated heterocycles. The molecule has 1 atom stereocenters. The van der Waals surface area contributed by atoms with E-state index < -0.39 is 23.7 Å². The Hall–Kier alpha value is -4.44. The van der Waals surface area contributed by atoms with Crippen molar-refractivity contribution in [2.45, 2.75) is 26.8 Å². The van der Waals surface area contributed by atoms with Crippen molar-refractivity contribution in [3.8, 4) is 11.5 Å². The second-order valence-electron chi connectivity index (χ2n) is 8.43. The van der Waals surface area contributed by atoms with Gasteiger partial charge in [0.05, 0.1) is 30.5 Å². The molecule has 4 rings (SSSR count). The van der Waals surface area contributed by atoms with E-state index in [4.69, 9.17) is 14.2 Å². The number of rotatable bonds is 10. The minimum Gasteiger partial charge on any atom is -0.507 e. The van der Waals surface area contributed by atoms with Crippen molar-refractivity contribution in [3.05, 3.63) is 88.5 Å². The number of aliphatic hydroxyl groups excluding tert-OH is 1. The lowest BCUT2D eigenvalue weighted by molar-refractivity contribution is -0.132. The number of aromatic nitrogens is 1. The van der Waals surface area contributed by atoms with E-state index in [0.717, 1.165) is 11.3 Å². The minimum atomic E-state index is -1.03.